The van der Waals surface area contributed by atoms with Crippen LogP contribution in [0.25, 0.3) is 0 Å². The molecule has 0 atom stereocenters. The number of hydrogen-bond donors (Lipinski definition) is 1. The molecule has 0 bridgehead atoms. The maximum atomic E-state index is 12.4. The first-order valence-corrected chi connectivity index (χ1v) is 8.33. The fourth-order valence-electron chi connectivity index (χ4n) is 3.06. The number of carbonyl (C=O) groups excluding carboxylic acids is 1. The zero-order valence-electron chi connectivity index (χ0n) is 15.3. The number of likely N-dealkylation sites (tertiary alicyclic amines) is 1. The van der Waals surface area contributed by atoms with E-state index in [4.69, 9.17) is 9.47 Å². The van der Waals surface area contributed by atoms with Crippen molar-refractivity contribution in [1.29, 1.82) is 5.26 Å². The van der Waals surface area contributed by atoms with Gasteiger partial charge in [0, 0.05) is 18.2 Å². The summed E-state index contributed by atoms with van der Waals surface area (Å²) in [6.07, 6.45) is 2.11. The van der Waals surface area contributed by atoms with Gasteiger partial charge in [0.15, 0.2) is 11.5 Å². The van der Waals surface area contributed by atoms with Gasteiger partial charge < -0.3 is 19.7 Å². The number of rotatable bonds is 6. The van der Waals surface area contributed by atoms with Crippen molar-refractivity contribution in [3.63, 3.8) is 0 Å². The van der Waals surface area contributed by atoms with E-state index in [0.29, 0.717) is 28.8 Å². The number of carbonyl (C=O) groups is 1. The summed E-state index contributed by atoms with van der Waals surface area (Å²) in [6, 6.07) is 5.67. The van der Waals surface area contributed by atoms with Crippen LogP contribution in [-0.4, -0.2) is 69.7 Å². The highest BCUT2D eigenvalue weighted by Gasteiger charge is 2.22. The van der Waals surface area contributed by atoms with Gasteiger partial charge in [-0.15, -0.1) is 0 Å². The molecule has 0 saturated carbocycles. The summed E-state index contributed by atoms with van der Waals surface area (Å²) in [5.41, 5.74) is 0.773. The van der Waals surface area contributed by atoms with Gasteiger partial charge >= 0.3 is 0 Å². The van der Waals surface area contributed by atoms with Crippen LogP contribution in [-0.2, 0) is 4.79 Å². The number of ether oxygens (including phenoxy) is 2. The van der Waals surface area contributed by atoms with E-state index in [-0.39, 0.29) is 12.5 Å². The fraction of sp³-hybridized carbons (Fsp3) is 0.556. The lowest BCUT2D eigenvalue weighted by Gasteiger charge is -2.34. The van der Waals surface area contributed by atoms with Gasteiger partial charge in [-0.1, -0.05) is 0 Å². The Bertz CT molecular complexity index is 648. The molecule has 0 aromatic heterocycles. The highest BCUT2D eigenvalue weighted by molar-refractivity contribution is 5.94. The predicted molar refractivity (Wildman–Crippen MR) is 96.0 cm³/mol. The van der Waals surface area contributed by atoms with Crippen molar-refractivity contribution in [3.8, 4) is 17.6 Å². The normalized spacial score (nSPS) is 15.7. The van der Waals surface area contributed by atoms with E-state index in [1.807, 2.05) is 7.05 Å². The number of nitriles is 1. The maximum Gasteiger partial charge on any atom is 0.238 e. The Hall–Kier alpha value is -2.30. The molecule has 0 radical (unpaired) electrons. The van der Waals surface area contributed by atoms with Crippen LogP contribution in [0.2, 0.25) is 0 Å². The van der Waals surface area contributed by atoms with Gasteiger partial charge in [0.1, 0.15) is 6.07 Å². The van der Waals surface area contributed by atoms with Gasteiger partial charge in [0.2, 0.25) is 5.91 Å². The van der Waals surface area contributed by atoms with E-state index in [1.165, 1.54) is 14.2 Å². The lowest BCUT2D eigenvalue weighted by Crippen LogP contribution is -2.44. The third-order valence-electron chi connectivity index (χ3n) is 4.62. The van der Waals surface area contributed by atoms with Crippen molar-refractivity contribution < 1.29 is 14.3 Å². The predicted octanol–water partition coefficient (Wildman–Crippen LogP) is 1.54. The topological polar surface area (TPSA) is 77.8 Å². The molecule has 1 amide bonds. The molecule has 1 aromatic rings. The minimum Gasteiger partial charge on any atom is -0.493 e. The molecule has 1 fully saturated rings. The van der Waals surface area contributed by atoms with E-state index < -0.39 is 0 Å². The third-order valence-corrected chi connectivity index (χ3v) is 4.62. The monoisotopic (exact) mass is 346 g/mol. The Morgan fingerprint density at radius 2 is 1.92 bits per heavy atom. The summed E-state index contributed by atoms with van der Waals surface area (Å²) in [7, 11) is 7.11. The first-order chi connectivity index (χ1) is 12.0. The number of nitrogens with zero attached hydrogens (tertiary/aromatic N) is 3. The third kappa shape index (κ3) is 4.84. The minimum atomic E-state index is -0.148. The van der Waals surface area contributed by atoms with Crippen LogP contribution in [0.5, 0.6) is 11.5 Å². The van der Waals surface area contributed by atoms with Crippen molar-refractivity contribution in [2.24, 2.45) is 0 Å². The first-order valence-electron chi connectivity index (χ1n) is 8.33. The second-order valence-corrected chi connectivity index (χ2v) is 6.36. The Labute approximate surface area is 149 Å². The molecule has 1 aliphatic heterocycles. The van der Waals surface area contributed by atoms with Crippen LogP contribution >= 0.6 is 0 Å². The number of hydrogen-bond acceptors (Lipinski definition) is 6. The molecule has 136 valence electrons. The zero-order valence-corrected chi connectivity index (χ0v) is 15.3. The minimum absolute atomic E-state index is 0.148. The quantitative estimate of drug-likeness (QED) is 0.842. The van der Waals surface area contributed by atoms with Crippen LogP contribution in [0.4, 0.5) is 5.69 Å². The molecule has 25 heavy (non-hydrogen) atoms. The largest absolute Gasteiger partial charge is 0.493 e. The van der Waals surface area contributed by atoms with Crippen LogP contribution < -0.4 is 14.8 Å². The number of likely N-dealkylation sites (N-methyl/N-ethyl adjacent to an activating group) is 1. The average Bonchev–Trinajstić information content (AvgIpc) is 2.61. The summed E-state index contributed by atoms with van der Waals surface area (Å²) in [5, 5.41) is 12.1. The second kappa shape index (κ2) is 8.70. The standard InChI is InChI=1S/C18H26N4O3/c1-21-7-5-14(6-8-21)22(2)12-18(23)20-15-10-17(25-4)16(24-3)9-13(15)11-19/h9-10,14H,5-8,12H2,1-4H3,(H,20,23). The number of piperidine rings is 1. The lowest BCUT2D eigenvalue weighted by atomic mass is 10.0. The molecular weight excluding hydrogens is 320 g/mol. The number of amides is 1. The molecule has 1 aliphatic rings. The van der Waals surface area contributed by atoms with E-state index >= 15 is 0 Å². The Morgan fingerprint density at radius 1 is 1.32 bits per heavy atom. The Balaban J connectivity index is 2.03. The fourth-order valence-corrected chi connectivity index (χ4v) is 3.06. The summed E-state index contributed by atoms with van der Waals surface area (Å²) in [4.78, 5) is 16.8. The van der Waals surface area contributed by atoms with Gasteiger partial charge in [-0.3, -0.25) is 9.69 Å². The first kappa shape index (κ1) is 19.0. The van der Waals surface area contributed by atoms with Crippen molar-refractivity contribution in [1.82, 2.24) is 9.80 Å². The van der Waals surface area contributed by atoms with E-state index in [1.54, 1.807) is 12.1 Å². The van der Waals surface area contributed by atoms with Crippen LogP contribution in [0.3, 0.4) is 0 Å². The van der Waals surface area contributed by atoms with Crippen molar-refractivity contribution in [2.45, 2.75) is 18.9 Å². The van der Waals surface area contributed by atoms with E-state index in [2.05, 4.69) is 28.2 Å². The molecule has 2 rings (SSSR count). The molecule has 1 saturated heterocycles. The molecule has 0 aliphatic carbocycles. The zero-order chi connectivity index (χ0) is 18.4. The summed E-state index contributed by atoms with van der Waals surface area (Å²) < 4.78 is 10.4. The van der Waals surface area contributed by atoms with Crippen molar-refractivity contribution in [3.05, 3.63) is 17.7 Å². The number of anilines is 1. The van der Waals surface area contributed by atoms with Gasteiger partial charge in [0.25, 0.3) is 0 Å². The van der Waals surface area contributed by atoms with Crippen LogP contribution in [0.1, 0.15) is 18.4 Å². The average molecular weight is 346 g/mol. The molecule has 0 unspecified atom stereocenters. The molecule has 7 nitrogen and oxygen atoms in total. The van der Waals surface area contributed by atoms with E-state index in [0.717, 1.165) is 25.9 Å². The SMILES string of the molecule is COc1cc(C#N)c(NC(=O)CN(C)C2CCN(C)CC2)cc1OC. The van der Waals surface area contributed by atoms with Crippen LogP contribution in [0.15, 0.2) is 12.1 Å². The number of nitrogens with one attached hydrogen (secondary N) is 1. The molecule has 7 heteroatoms. The second-order valence-electron chi connectivity index (χ2n) is 6.36. The number of methoxy groups -OCH3 is 2. The van der Waals surface area contributed by atoms with Crippen molar-refractivity contribution in [2.75, 3.05) is 53.3 Å². The van der Waals surface area contributed by atoms with Gasteiger partial charge in [-0.25, -0.2) is 0 Å². The Kier molecular flexibility index (Phi) is 6.62. The molecule has 1 heterocycles. The van der Waals surface area contributed by atoms with Crippen LogP contribution in [0, 0.1) is 11.3 Å². The van der Waals surface area contributed by atoms with Gasteiger partial charge in [-0.05, 0) is 40.0 Å². The number of benzene rings is 1. The van der Waals surface area contributed by atoms with Crippen molar-refractivity contribution >= 4 is 11.6 Å². The smallest absolute Gasteiger partial charge is 0.238 e. The molecular formula is C18H26N4O3. The summed E-state index contributed by atoms with van der Waals surface area (Å²) in [5.74, 6) is 0.783. The maximum absolute atomic E-state index is 12.4. The highest BCUT2D eigenvalue weighted by Crippen LogP contribution is 2.33. The summed E-state index contributed by atoms with van der Waals surface area (Å²) >= 11 is 0. The lowest BCUT2D eigenvalue weighted by molar-refractivity contribution is -0.117. The molecule has 0 spiro atoms. The summed E-state index contributed by atoms with van der Waals surface area (Å²) in [6.45, 7) is 2.38. The Morgan fingerprint density at radius 3 is 2.48 bits per heavy atom. The van der Waals surface area contributed by atoms with E-state index in [9.17, 15) is 10.1 Å². The molecule has 1 N–H and O–H groups in total. The van der Waals surface area contributed by atoms with Gasteiger partial charge in [-0.2, -0.15) is 5.26 Å². The highest BCUT2D eigenvalue weighted by atomic mass is 16.5. The molecule has 1 aromatic carbocycles. The van der Waals surface area contributed by atoms with Gasteiger partial charge in [0.05, 0.1) is 32.0 Å².